The summed E-state index contributed by atoms with van der Waals surface area (Å²) in [5.41, 5.74) is 0. The molecular weight excluding hydrogens is 182 g/mol. The molecule has 0 aliphatic heterocycles. The van der Waals surface area contributed by atoms with Crippen LogP contribution in [0.25, 0.3) is 0 Å². The van der Waals surface area contributed by atoms with E-state index in [1.165, 1.54) is 0 Å². The van der Waals surface area contributed by atoms with E-state index in [0.29, 0.717) is 0 Å². The van der Waals surface area contributed by atoms with Gasteiger partial charge >= 0.3 is 76.4 Å². The summed E-state index contributed by atoms with van der Waals surface area (Å²) >= 11 is -2.68. The van der Waals surface area contributed by atoms with Gasteiger partial charge in [-0.05, 0) is 0 Å². The number of rotatable bonds is 2. The Labute approximate surface area is 107 Å². The Kier molecular flexibility index (Phi) is 17.8. The Morgan fingerprint density at radius 3 is 2.10 bits per heavy atom. The molecule has 8 heteroatoms. The van der Waals surface area contributed by atoms with E-state index in [1.54, 1.807) is 0 Å². The molecule has 0 aliphatic carbocycles. The minimum absolute atomic E-state index is 0. The van der Waals surface area contributed by atoms with Crippen LogP contribution in [0.1, 0.15) is 2.85 Å². The van der Waals surface area contributed by atoms with Gasteiger partial charge in [-0.2, -0.15) is 4.21 Å². The molecule has 10 heavy (non-hydrogen) atoms. The molecule has 0 spiro atoms. The fourth-order valence-electron chi connectivity index (χ4n) is 0.0899. The van der Waals surface area contributed by atoms with E-state index >= 15 is 0 Å². The fraction of sp³-hybridized carbons (Fsp3) is 0. The van der Waals surface area contributed by atoms with Gasteiger partial charge in [0.05, 0.1) is 0 Å². The Bertz CT molecular complexity index is 143. The maximum atomic E-state index is 9.68. The Morgan fingerprint density at radius 2 is 2.00 bits per heavy atom. The number of carbonyl (C=O) groups excluding carboxylic acids is 2. The second-order valence-corrected chi connectivity index (χ2v) is 1.34. The molecule has 0 saturated carbocycles. The van der Waals surface area contributed by atoms with Crippen LogP contribution in [0.4, 0.5) is 0 Å². The Morgan fingerprint density at radius 1 is 1.60 bits per heavy atom. The van der Waals surface area contributed by atoms with Crippen LogP contribution in [0.5, 0.6) is 0 Å². The molecular formula is C2H4Na2O5S. The van der Waals surface area contributed by atoms with Gasteiger partial charge in [0.1, 0.15) is 0 Å². The van der Waals surface area contributed by atoms with Crippen LogP contribution in [-0.2, 0) is 25.1 Å². The molecule has 0 aromatic rings. The van der Waals surface area contributed by atoms with Crippen molar-refractivity contribution < 1.29 is 84.5 Å². The first-order valence-corrected chi connectivity index (χ1v) is 2.48. The summed E-state index contributed by atoms with van der Waals surface area (Å²) in [4.78, 5) is 19.0. The van der Waals surface area contributed by atoms with Crippen molar-refractivity contribution in [3.8, 4) is 0 Å². The van der Waals surface area contributed by atoms with Crippen LogP contribution in [-0.4, -0.2) is 21.0 Å². The molecule has 50 valence electrons. The van der Waals surface area contributed by atoms with Crippen molar-refractivity contribution in [1.29, 1.82) is 0 Å². The molecule has 0 bridgehead atoms. The van der Waals surface area contributed by atoms with E-state index in [4.69, 9.17) is 4.55 Å². The molecule has 1 N–H and O–H groups in total. The third-order valence-corrected chi connectivity index (χ3v) is 0.556. The first kappa shape index (κ1) is 17.4. The molecule has 0 rings (SSSR count). The van der Waals surface area contributed by atoms with Gasteiger partial charge in [0.15, 0.2) is 0 Å². The SMILES string of the molecule is O=CC(=O)OS(=O)O.[H-].[H-].[Na+].[Na+]. The van der Waals surface area contributed by atoms with E-state index in [0.717, 1.165) is 0 Å². The van der Waals surface area contributed by atoms with Crippen molar-refractivity contribution in [2.75, 3.05) is 0 Å². The average molecular weight is 186 g/mol. The van der Waals surface area contributed by atoms with Crippen molar-refractivity contribution in [2.45, 2.75) is 0 Å². The Balaban J connectivity index is -0.0000000408. The molecule has 0 heterocycles. The number of carbonyl (C=O) groups is 2. The molecule has 0 radical (unpaired) electrons. The van der Waals surface area contributed by atoms with Crippen molar-refractivity contribution in [1.82, 2.24) is 0 Å². The zero-order valence-corrected chi connectivity index (χ0v) is 10.4. The maximum absolute atomic E-state index is 9.68. The number of aldehydes is 1. The molecule has 5 nitrogen and oxygen atoms in total. The fourth-order valence-corrected chi connectivity index (χ4v) is 0.270. The van der Waals surface area contributed by atoms with E-state index in [-0.39, 0.29) is 68.3 Å². The van der Waals surface area contributed by atoms with Gasteiger partial charge in [-0.15, -0.1) is 0 Å². The van der Waals surface area contributed by atoms with E-state index < -0.39 is 17.3 Å². The molecule has 0 aliphatic rings. The molecule has 1 atom stereocenters. The summed E-state index contributed by atoms with van der Waals surface area (Å²) in [6, 6.07) is 0. The molecule has 0 amide bonds. The largest absolute Gasteiger partial charge is 1.00 e. The summed E-state index contributed by atoms with van der Waals surface area (Å²) in [6.45, 7) is 0. The van der Waals surface area contributed by atoms with Crippen LogP contribution >= 0.6 is 0 Å². The third-order valence-electron chi connectivity index (χ3n) is 0.250. The van der Waals surface area contributed by atoms with Crippen LogP contribution in [0, 0.1) is 0 Å². The molecule has 0 fully saturated rings. The molecule has 0 saturated heterocycles. The van der Waals surface area contributed by atoms with Crippen molar-refractivity contribution in [2.24, 2.45) is 0 Å². The quantitative estimate of drug-likeness (QED) is 0.200. The standard InChI is InChI=1S/C2H2O5S.2Na.2H/c3-1-2(4)7-8(5)6;;;;/h1H,(H,5,6);;;;/q;2*+1;2*-1. The van der Waals surface area contributed by atoms with E-state index in [2.05, 4.69) is 4.18 Å². The second kappa shape index (κ2) is 10.2. The predicted octanol–water partition coefficient (Wildman–Crippen LogP) is -6.90. The van der Waals surface area contributed by atoms with Gasteiger partial charge < -0.3 is 7.04 Å². The maximum Gasteiger partial charge on any atom is 1.00 e. The van der Waals surface area contributed by atoms with Crippen LogP contribution in [0.2, 0.25) is 0 Å². The van der Waals surface area contributed by atoms with E-state index in [1.807, 2.05) is 0 Å². The van der Waals surface area contributed by atoms with Gasteiger partial charge in [-0.25, -0.2) is 4.79 Å². The minimum Gasteiger partial charge on any atom is -1.00 e. The zero-order valence-electron chi connectivity index (χ0n) is 7.57. The summed E-state index contributed by atoms with van der Waals surface area (Å²) < 4.78 is 20.6. The third kappa shape index (κ3) is 12.0. The van der Waals surface area contributed by atoms with Crippen LogP contribution in [0.3, 0.4) is 0 Å². The normalized spacial score (nSPS) is 9.70. The summed E-state index contributed by atoms with van der Waals surface area (Å²) in [5.74, 6) is -1.36. The summed E-state index contributed by atoms with van der Waals surface area (Å²) in [5, 5.41) is 0. The van der Waals surface area contributed by atoms with Crippen molar-refractivity contribution >= 4 is 23.6 Å². The van der Waals surface area contributed by atoms with Gasteiger partial charge in [-0.1, -0.05) is 0 Å². The summed E-state index contributed by atoms with van der Waals surface area (Å²) in [7, 11) is 0. The number of hydrogen-bond acceptors (Lipinski definition) is 4. The summed E-state index contributed by atoms with van der Waals surface area (Å²) in [6.07, 6.45) is -0.200. The van der Waals surface area contributed by atoms with Crippen LogP contribution < -0.4 is 59.1 Å². The van der Waals surface area contributed by atoms with Crippen molar-refractivity contribution in [3.05, 3.63) is 0 Å². The zero-order chi connectivity index (χ0) is 6.57. The first-order valence-electron chi connectivity index (χ1n) is 1.45. The Hall–Kier alpha value is 1.25. The predicted molar refractivity (Wildman–Crippen MR) is 25.2 cm³/mol. The van der Waals surface area contributed by atoms with Gasteiger partial charge in [0.2, 0.25) is 6.29 Å². The molecule has 0 aromatic heterocycles. The van der Waals surface area contributed by atoms with Gasteiger partial charge in [-0.3, -0.25) is 9.35 Å². The molecule has 1 unspecified atom stereocenters. The number of hydrogen-bond donors (Lipinski definition) is 1. The second-order valence-electron chi connectivity index (χ2n) is 0.737. The van der Waals surface area contributed by atoms with Crippen molar-refractivity contribution in [3.63, 3.8) is 0 Å². The van der Waals surface area contributed by atoms with Crippen LogP contribution in [0.15, 0.2) is 0 Å². The molecule has 0 aromatic carbocycles. The monoisotopic (exact) mass is 186 g/mol. The topological polar surface area (TPSA) is 80.7 Å². The smallest absolute Gasteiger partial charge is 1.00 e. The van der Waals surface area contributed by atoms with Gasteiger partial charge in [0, 0.05) is 0 Å². The van der Waals surface area contributed by atoms with Gasteiger partial charge in [0.25, 0.3) is 0 Å². The average Bonchev–Trinajstić information content (AvgIpc) is 1.65. The van der Waals surface area contributed by atoms with E-state index in [9.17, 15) is 13.8 Å². The minimum atomic E-state index is -2.68. The first-order chi connectivity index (χ1) is 3.66.